The summed E-state index contributed by atoms with van der Waals surface area (Å²) in [4.78, 5) is 30.2. The quantitative estimate of drug-likeness (QED) is 0.619. The summed E-state index contributed by atoms with van der Waals surface area (Å²) in [6, 6.07) is 8.00. The van der Waals surface area contributed by atoms with Gasteiger partial charge in [0.1, 0.15) is 12.4 Å². The summed E-state index contributed by atoms with van der Waals surface area (Å²) in [5.41, 5.74) is 1.48. The van der Waals surface area contributed by atoms with E-state index in [1.807, 2.05) is 34.8 Å². The van der Waals surface area contributed by atoms with Crippen LogP contribution < -0.4 is 5.32 Å². The fourth-order valence-electron chi connectivity index (χ4n) is 4.41. The van der Waals surface area contributed by atoms with Crippen LogP contribution in [0.4, 0.5) is 14.9 Å². The zero-order valence-corrected chi connectivity index (χ0v) is 19.2. The first-order chi connectivity index (χ1) is 15.4. The summed E-state index contributed by atoms with van der Waals surface area (Å²) in [7, 11) is 1.97. The Morgan fingerprint density at radius 2 is 1.81 bits per heavy atom. The van der Waals surface area contributed by atoms with Crippen molar-refractivity contribution in [3.63, 3.8) is 0 Å². The number of urea groups is 1. The maximum Gasteiger partial charge on any atom is 0.322 e. The fourth-order valence-corrected chi connectivity index (χ4v) is 4.59. The predicted molar refractivity (Wildman–Crippen MR) is 123 cm³/mol. The van der Waals surface area contributed by atoms with Crippen molar-refractivity contribution in [3.05, 3.63) is 53.1 Å². The molecule has 1 heterocycles. The van der Waals surface area contributed by atoms with Gasteiger partial charge in [-0.05, 0) is 56.0 Å². The molecule has 0 saturated heterocycles. The Bertz CT molecular complexity index is 969. The van der Waals surface area contributed by atoms with Gasteiger partial charge in [0.2, 0.25) is 5.91 Å². The molecule has 0 spiro atoms. The summed E-state index contributed by atoms with van der Waals surface area (Å²) < 4.78 is 15.5. The molecule has 0 unspecified atom stereocenters. The van der Waals surface area contributed by atoms with Gasteiger partial charge in [-0.15, -0.1) is 0 Å². The molecule has 2 aliphatic rings. The van der Waals surface area contributed by atoms with E-state index < -0.39 is 5.82 Å². The van der Waals surface area contributed by atoms with Crippen molar-refractivity contribution < 1.29 is 14.0 Å². The van der Waals surface area contributed by atoms with Gasteiger partial charge in [-0.2, -0.15) is 0 Å². The number of amides is 3. The van der Waals surface area contributed by atoms with Crippen molar-refractivity contribution in [2.45, 2.75) is 63.6 Å². The maximum absolute atomic E-state index is 13.5. The van der Waals surface area contributed by atoms with E-state index in [0.717, 1.165) is 50.6 Å². The molecule has 2 saturated carbocycles. The second-order valence-corrected chi connectivity index (χ2v) is 9.25. The van der Waals surface area contributed by atoms with Crippen molar-refractivity contribution in [1.29, 1.82) is 0 Å². The average molecular weight is 461 g/mol. The number of aromatic nitrogens is 1. The second-order valence-electron chi connectivity index (χ2n) is 8.84. The summed E-state index contributed by atoms with van der Waals surface area (Å²) in [6.07, 6.45) is 8.97. The van der Waals surface area contributed by atoms with Crippen LogP contribution >= 0.6 is 11.6 Å². The van der Waals surface area contributed by atoms with Gasteiger partial charge < -0.3 is 19.7 Å². The molecule has 1 N–H and O–H groups in total. The summed E-state index contributed by atoms with van der Waals surface area (Å²) >= 11 is 5.87. The summed E-state index contributed by atoms with van der Waals surface area (Å²) in [5.74, 6) is -0.573. The van der Waals surface area contributed by atoms with E-state index >= 15 is 0 Å². The molecule has 0 atom stereocenters. The number of aryl methyl sites for hydroxylation is 1. The zero-order chi connectivity index (χ0) is 22.7. The van der Waals surface area contributed by atoms with Crippen LogP contribution in [0.3, 0.4) is 0 Å². The van der Waals surface area contributed by atoms with Gasteiger partial charge in [-0.25, -0.2) is 9.18 Å². The third kappa shape index (κ3) is 5.44. The van der Waals surface area contributed by atoms with Gasteiger partial charge in [0.05, 0.1) is 11.6 Å². The number of carbonyl (C=O) groups excluding carboxylic acids is 2. The minimum Gasteiger partial charge on any atom is -0.353 e. The number of halogens is 2. The van der Waals surface area contributed by atoms with Crippen LogP contribution in [0, 0.1) is 5.82 Å². The van der Waals surface area contributed by atoms with E-state index in [9.17, 15) is 14.0 Å². The lowest BCUT2D eigenvalue weighted by molar-refractivity contribution is -0.133. The molecule has 0 aliphatic heterocycles. The highest BCUT2D eigenvalue weighted by atomic mass is 35.5. The normalized spacial score (nSPS) is 16.6. The highest BCUT2D eigenvalue weighted by Gasteiger charge is 2.36. The Morgan fingerprint density at radius 3 is 2.44 bits per heavy atom. The predicted octanol–water partition coefficient (Wildman–Crippen LogP) is 5.18. The van der Waals surface area contributed by atoms with Gasteiger partial charge in [0.15, 0.2) is 0 Å². The molecular formula is C24H30ClFN4O2. The monoisotopic (exact) mass is 460 g/mol. The number of nitrogens with one attached hydrogen (secondary N) is 1. The number of hydrogen-bond donors (Lipinski definition) is 1. The van der Waals surface area contributed by atoms with Crippen LogP contribution in [0.15, 0.2) is 36.5 Å². The minimum atomic E-state index is -0.537. The topological polar surface area (TPSA) is 57.6 Å². The van der Waals surface area contributed by atoms with Crippen molar-refractivity contribution in [2.75, 3.05) is 11.9 Å². The Morgan fingerprint density at radius 1 is 1.09 bits per heavy atom. The van der Waals surface area contributed by atoms with Crippen molar-refractivity contribution in [2.24, 2.45) is 7.05 Å². The van der Waals surface area contributed by atoms with E-state index in [2.05, 4.69) is 5.32 Å². The highest BCUT2D eigenvalue weighted by molar-refractivity contribution is 6.31. The van der Waals surface area contributed by atoms with Crippen molar-refractivity contribution in [1.82, 2.24) is 14.4 Å². The summed E-state index contributed by atoms with van der Waals surface area (Å²) in [5, 5.41) is 2.76. The molecular weight excluding hydrogens is 431 g/mol. The van der Waals surface area contributed by atoms with E-state index in [0.29, 0.717) is 12.2 Å². The number of hydrogen-bond acceptors (Lipinski definition) is 2. The van der Waals surface area contributed by atoms with Gasteiger partial charge in [0, 0.05) is 36.7 Å². The van der Waals surface area contributed by atoms with Gasteiger partial charge in [0.25, 0.3) is 0 Å². The Kier molecular flexibility index (Phi) is 7.04. The number of carbonyl (C=O) groups is 2. The van der Waals surface area contributed by atoms with E-state index in [4.69, 9.17) is 11.6 Å². The third-order valence-electron chi connectivity index (χ3n) is 6.44. The Hall–Kier alpha value is -2.54. The highest BCUT2D eigenvalue weighted by Crippen LogP contribution is 2.30. The molecule has 172 valence electrons. The van der Waals surface area contributed by atoms with Gasteiger partial charge in [-0.3, -0.25) is 4.79 Å². The molecule has 0 radical (unpaired) electrons. The number of benzene rings is 1. The lowest BCUT2D eigenvalue weighted by Gasteiger charge is -2.35. The molecule has 2 aliphatic carbocycles. The van der Waals surface area contributed by atoms with Crippen molar-refractivity contribution in [3.8, 4) is 0 Å². The second kappa shape index (κ2) is 9.94. The number of nitrogens with zero attached hydrogens (tertiary/aromatic N) is 3. The fraction of sp³-hybridized carbons (Fsp3) is 0.500. The maximum atomic E-state index is 13.5. The van der Waals surface area contributed by atoms with Crippen LogP contribution in [0.2, 0.25) is 5.02 Å². The first kappa shape index (κ1) is 22.6. The standard InChI is InChI=1S/C24H30ClFN4O2/c1-28-13-5-8-20(28)15-29(19-10-11-19)23(31)16-30(18-6-3-2-4-7-18)24(32)27-17-9-12-22(26)21(25)14-17/h5,8-9,12-14,18-19H,2-4,6-7,10-11,15-16H2,1H3,(H,27,32). The minimum absolute atomic E-state index is 0.0136. The SMILES string of the molecule is Cn1cccc1CN(C(=O)CN(C(=O)Nc1ccc(F)c(Cl)c1)C1CCCCC1)C1CC1. The van der Waals surface area contributed by atoms with E-state index in [1.54, 1.807) is 4.90 Å². The lowest BCUT2D eigenvalue weighted by atomic mass is 9.94. The van der Waals surface area contributed by atoms with Gasteiger partial charge >= 0.3 is 6.03 Å². The smallest absolute Gasteiger partial charge is 0.322 e. The summed E-state index contributed by atoms with van der Waals surface area (Å²) in [6.45, 7) is 0.576. The van der Waals surface area contributed by atoms with E-state index in [1.165, 1.54) is 18.2 Å². The molecule has 32 heavy (non-hydrogen) atoms. The first-order valence-electron chi connectivity index (χ1n) is 11.3. The van der Waals surface area contributed by atoms with Crippen LogP contribution in [0.5, 0.6) is 0 Å². The number of rotatable bonds is 7. The molecule has 2 fully saturated rings. The molecule has 1 aromatic heterocycles. The van der Waals surface area contributed by atoms with Crippen LogP contribution in [-0.4, -0.2) is 44.9 Å². The average Bonchev–Trinajstić information content (AvgIpc) is 3.54. The third-order valence-corrected chi connectivity index (χ3v) is 6.73. The molecule has 6 nitrogen and oxygen atoms in total. The van der Waals surface area contributed by atoms with Crippen molar-refractivity contribution >= 4 is 29.2 Å². The molecule has 8 heteroatoms. The van der Waals surface area contributed by atoms with Crippen LogP contribution in [-0.2, 0) is 18.4 Å². The first-order valence-corrected chi connectivity index (χ1v) is 11.7. The molecule has 4 rings (SSSR count). The molecule has 3 amide bonds. The molecule has 2 aromatic rings. The van der Waals surface area contributed by atoms with Gasteiger partial charge in [-0.1, -0.05) is 30.9 Å². The number of anilines is 1. The Labute approximate surface area is 193 Å². The molecule has 0 bridgehead atoms. The lowest BCUT2D eigenvalue weighted by Crippen LogP contribution is -2.50. The van der Waals surface area contributed by atoms with Crippen LogP contribution in [0.1, 0.15) is 50.6 Å². The van der Waals surface area contributed by atoms with Crippen LogP contribution in [0.25, 0.3) is 0 Å². The molecule has 1 aromatic carbocycles. The largest absolute Gasteiger partial charge is 0.353 e. The Balaban J connectivity index is 1.50. The zero-order valence-electron chi connectivity index (χ0n) is 18.4. The van der Waals surface area contributed by atoms with E-state index in [-0.39, 0.29) is 35.6 Å².